The van der Waals surface area contributed by atoms with Gasteiger partial charge < -0.3 is 44.6 Å². The van der Waals surface area contributed by atoms with E-state index in [2.05, 4.69) is 28.1 Å². The van der Waals surface area contributed by atoms with Crippen molar-refractivity contribution >= 4 is 41.2 Å². The van der Waals surface area contributed by atoms with Crippen LogP contribution < -0.4 is 10.5 Å². The number of nitrogens with one attached hydrogen (secondary N) is 1. The fourth-order valence-electron chi connectivity index (χ4n) is 3.07. The van der Waals surface area contributed by atoms with E-state index >= 15 is 0 Å². The Bertz CT molecular complexity index is 1180. The Hall–Kier alpha value is -1.40. The first-order valence-corrected chi connectivity index (χ1v) is 13.4. The molecule has 0 radical (unpaired) electrons. The molecule has 22 heteroatoms. The molecule has 0 spiro atoms. The number of phosphoric acid groups is 3. The zero-order chi connectivity index (χ0) is 25.7. The molecule has 0 aliphatic carbocycles. The fourth-order valence-corrected chi connectivity index (χ4v) is 6.10. The van der Waals surface area contributed by atoms with Crippen molar-refractivity contribution in [2.45, 2.75) is 31.1 Å². The topological polar surface area (TPSA) is 291 Å². The van der Waals surface area contributed by atoms with Crippen LogP contribution >= 0.6 is 23.5 Å². The molecule has 1 saturated heterocycles. The lowest BCUT2D eigenvalue weighted by atomic mass is 10.1. The fraction of sp³-hybridized carbons (Fsp3) is 0.583. The molecule has 3 heterocycles. The Balaban J connectivity index is 1.76. The van der Waals surface area contributed by atoms with E-state index in [4.69, 9.17) is 19.4 Å². The molecule has 0 amide bonds. The van der Waals surface area contributed by atoms with Gasteiger partial charge >= 0.3 is 23.5 Å². The van der Waals surface area contributed by atoms with Gasteiger partial charge in [-0.1, -0.05) is 0 Å². The third kappa shape index (κ3) is 5.87. The molecule has 1 aromatic rings. The number of aliphatic imine (C=N–C) groups is 1. The van der Waals surface area contributed by atoms with Crippen LogP contribution in [0.1, 0.15) is 5.82 Å². The van der Waals surface area contributed by atoms with Crippen molar-refractivity contribution < 1.29 is 66.5 Å². The molecule has 19 nitrogen and oxygen atoms in total. The van der Waals surface area contributed by atoms with Crippen molar-refractivity contribution in [3.05, 3.63) is 16.2 Å². The Morgan fingerprint density at radius 3 is 2.47 bits per heavy atom. The standard InChI is InChI=1S/C12H19N4O15P3/c1-5-14-10-7(11(19)15-5)13-2-3-16(10)12(20)9(18)8(17)6(29-12)4-28-33(24,25)31-34(26,27)30-32(21,22)23/h2,6,8-9,17-18,20H,3-4H2,1H3,(H,24,25)(H,26,27)(H,14,15,19)(H2,21,22,23)/t6-,8-,9-,12-/m1/s1. The highest BCUT2D eigenvalue weighted by molar-refractivity contribution is 7.66. The quantitative estimate of drug-likeness (QED) is 0.157. The molecule has 0 bridgehead atoms. The molecule has 6 atom stereocenters. The zero-order valence-corrected chi connectivity index (χ0v) is 19.5. The first kappa shape index (κ1) is 27.2. The lowest BCUT2D eigenvalue weighted by molar-refractivity contribution is -0.228. The van der Waals surface area contributed by atoms with E-state index in [1.165, 1.54) is 13.1 Å². The van der Waals surface area contributed by atoms with Gasteiger partial charge in [0.15, 0.2) is 17.6 Å². The van der Waals surface area contributed by atoms with E-state index in [1.54, 1.807) is 0 Å². The Labute approximate surface area is 188 Å². The molecule has 0 aromatic carbocycles. The van der Waals surface area contributed by atoms with Gasteiger partial charge in [-0.15, -0.1) is 0 Å². The van der Waals surface area contributed by atoms with Crippen LogP contribution in [0.2, 0.25) is 0 Å². The Kier molecular flexibility index (Phi) is 7.39. The molecular weight excluding hydrogens is 533 g/mol. The first-order chi connectivity index (χ1) is 15.4. The number of aryl methyl sites for hydroxylation is 1. The number of phosphoric ester groups is 1. The van der Waals surface area contributed by atoms with Gasteiger partial charge in [0.2, 0.25) is 0 Å². The first-order valence-electron chi connectivity index (χ1n) is 8.90. The molecule has 2 unspecified atom stereocenters. The van der Waals surface area contributed by atoms with Crippen LogP contribution in [0.4, 0.5) is 11.5 Å². The third-order valence-corrected chi connectivity index (χ3v) is 8.16. The van der Waals surface area contributed by atoms with E-state index in [-0.39, 0.29) is 23.9 Å². The van der Waals surface area contributed by atoms with Crippen molar-refractivity contribution in [1.29, 1.82) is 0 Å². The van der Waals surface area contributed by atoms with Crippen LogP contribution in [-0.4, -0.2) is 88.5 Å². The molecular formula is C12H19N4O15P3. The van der Waals surface area contributed by atoms with E-state index in [0.29, 0.717) is 0 Å². The number of hydrogen-bond acceptors (Lipinski definition) is 14. The molecule has 2 aliphatic heterocycles. The van der Waals surface area contributed by atoms with Crippen LogP contribution in [0.25, 0.3) is 0 Å². The smallest absolute Gasteiger partial charge is 0.387 e. The predicted molar refractivity (Wildman–Crippen MR) is 107 cm³/mol. The Morgan fingerprint density at radius 1 is 1.21 bits per heavy atom. The van der Waals surface area contributed by atoms with Gasteiger partial charge in [0.25, 0.3) is 11.5 Å². The van der Waals surface area contributed by atoms with Gasteiger partial charge in [0.05, 0.1) is 13.2 Å². The van der Waals surface area contributed by atoms with Crippen molar-refractivity contribution in [2.24, 2.45) is 4.99 Å². The number of nitrogens with zero attached hydrogens (tertiary/aromatic N) is 3. The van der Waals surface area contributed by atoms with Crippen molar-refractivity contribution in [3.63, 3.8) is 0 Å². The van der Waals surface area contributed by atoms with E-state index in [1.807, 2.05) is 0 Å². The van der Waals surface area contributed by atoms with Crippen LogP contribution in [0, 0.1) is 6.92 Å². The molecule has 192 valence electrons. The molecule has 1 aromatic heterocycles. The lowest BCUT2D eigenvalue weighted by Gasteiger charge is -2.39. The number of anilines is 1. The maximum absolute atomic E-state index is 12.1. The van der Waals surface area contributed by atoms with Crippen LogP contribution in [0.5, 0.6) is 0 Å². The van der Waals surface area contributed by atoms with Gasteiger partial charge in [-0.3, -0.25) is 14.2 Å². The number of hydrogen-bond donors (Lipinski definition) is 8. The molecule has 8 N–H and O–H groups in total. The largest absolute Gasteiger partial charge is 0.490 e. The van der Waals surface area contributed by atoms with Crippen LogP contribution in [-0.2, 0) is 31.6 Å². The van der Waals surface area contributed by atoms with E-state index < -0.39 is 59.9 Å². The Morgan fingerprint density at radius 2 is 1.85 bits per heavy atom. The minimum atomic E-state index is -5.78. The summed E-state index contributed by atoms with van der Waals surface area (Å²) in [6, 6.07) is 0. The van der Waals surface area contributed by atoms with Gasteiger partial charge in [0.1, 0.15) is 18.0 Å². The van der Waals surface area contributed by atoms with Gasteiger partial charge in [-0.05, 0) is 6.92 Å². The van der Waals surface area contributed by atoms with Crippen molar-refractivity contribution in [2.75, 3.05) is 18.1 Å². The number of aromatic nitrogens is 2. The highest BCUT2D eigenvalue weighted by Crippen LogP contribution is 2.66. The lowest BCUT2D eigenvalue weighted by Crippen LogP contribution is -2.59. The summed E-state index contributed by atoms with van der Waals surface area (Å²) in [5, 5.41) is 31.6. The molecule has 2 aliphatic rings. The number of rotatable bonds is 8. The summed E-state index contributed by atoms with van der Waals surface area (Å²) in [5.41, 5.74) is -0.920. The number of fused-ring (bicyclic) bond motifs is 1. The summed E-state index contributed by atoms with van der Waals surface area (Å²) in [5.74, 6) is -2.85. The number of H-pyrrole nitrogens is 1. The second-order valence-electron chi connectivity index (χ2n) is 6.88. The summed E-state index contributed by atoms with van der Waals surface area (Å²) < 4.78 is 50.6. The summed E-state index contributed by atoms with van der Waals surface area (Å²) in [4.78, 5) is 59.0. The minimum absolute atomic E-state index is 0.117. The average Bonchev–Trinajstić information content (AvgIpc) is 2.88. The third-order valence-electron chi connectivity index (χ3n) is 4.35. The van der Waals surface area contributed by atoms with Crippen LogP contribution in [0.3, 0.4) is 0 Å². The van der Waals surface area contributed by atoms with Crippen molar-refractivity contribution in [1.82, 2.24) is 9.97 Å². The summed E-state index contributed by atoms with van der Waals surface area (Å²) >= 11 is 0. The highest BCUT2D eigenvalue weighted by Gasteiger charge is 2.58. The normalized spacial score (nSPS) is 30.6. The van der Waals surface area contributed by atoms with E-state index in [9.17, 15) is 38.7 Å². The molecule has 34 heavy (non-hydrogen) atoms. The molecule has 1 fully saturated rings. The summed E-state index contributed by atoms with van der Waals surface area (Å²) in [6.07, 6.45) is -4.70. The summed E-state index contributed by atoms with van der Waals surface area (Å²) in [6.45, 7) is 0.0150. The highest BCUT2D eigenvalue weighted by atomic mass is 31.3. The molecule has 0 saturated carbocycles. The predicted octanol–water partition coefficient (Wildman–Crippen LogP) is -2.29. The minimum Gasteiger partial charge on any atom is -0.387 e. The zero-order valence-electron chi connectivity index (χ0n) is 16.8. The number of ether oxygens (including phenoxy) is 1. The number of aliphatic hydroxyl groups is 3. The summed E-state index contributed by atoms with van der Waals surface area (Å²) in [7, 11) is -17.0. The van der Waals surface area contributed by atoms with Gasteiger partial charge in [-0.2, -0.15) is 8.62 Å². The monoisotopic (exact) mass is 552 g/mol. The van der Waals surface area contributed by atoms with Crippen LogP contribution in [0.15, 0.2) is 9.79 Å². The molecule has 3 rings (SSSR count). The average molecular weight is 552 g/mol. The number of aromatic amines is 1. The number of aliphatic hydroxyl groups excluding tert-OH is 2. The van der Waals surface area contributed by atoms with Crippen molar-refractivity contribution in [3.8, 4) is 0 Å². The van der Waals surface area contributed by atoms with Gasteiger partial charge in [0, 0.05) is 6.21 Å². The van der Waals surface area contributed by atoms with E-state index in [0.717, 1.165) is 4.90 Å². The maximum Gasteiger partial charge on any atom is 0.490 e. The maximum atomic E-state index is 12.1. The second-order valence-corrected chi connectivity index (χ2v) is 11.3. The second kappa shape index (κ2) is 9.24. The van der Waals surface area contributed by atoms with Gasteiger partial charge in [-0.25, -0.2) is 23.7 Å². The SMILES string of the molecule is Cc1nc2c(c(=O)[nH]1)N=CCN2[C@]1(O)O[C@H](COP(=O)(O)OP(=O)(O)OP(=O)(O)O)[C@@H](O)[C@H]1O.